The first-order chi connectivity index (χ1) is 33.3. The molecule has 0 fully saturated rings. The fourth-order valence-electron chi connectivity index (χ4n) is 9.82. The quantitative estimate of drug-likeness (QED) is 0.0892. The van der Waals surface area contributed by atoms with E-state index in [1.807, 2.05) is 179 Å². The minimum Gasteiger partial charge on any atom is -0.308 e. The van der Waals surface area contributed by atoms with Crippen LogP contribution >= 0.6 is 0 Å². The molecule has 0 spiro atoms. The summed E-state index contributed by atoms with van der Waals surface area (Å²) >= 11 is 0. The van der Waals surface area contributed by atoms with E-state index >= 15 is 13.2 Å². The lowest BCUT2D eigenvalue weighted by Gasteiger charge is -2.19. The van der Waals surface area contributed by atoms with Gasteiger partial charge in [-0.25, -0.2) is 17.6 Å². The van der Waals surface area contributed by atoms with Gasteiger partial charge in [-0.1, -0.05) is 146 Å². The highest BCUT2D eigenvalue weighted by Gasteiger charge is 2.26. The first-order valence-electron chi connectivity index (χ1n) is 22.1. The standard InChI is InChI=1S/C61H35F4N3/c62-52-35-46(59(63)61(65)60(52)64)45-33-57(67-53-25-21-41(37-13-5-1-6-14-37)29-47(53)48-30-42(22-26-54(48)67)38-15-7-2-8-16-38)51(36-66)58(34-45)68-55-27-23-43(39-17-9-3-10-18-39)31-49(55)50-32-44(24-28-56(50)68)40-19-11-4-12-20-40/h1-35H. The van der Waals surface area contributed by atoms with Gasteiger partial charge >= 0.3 is 0 Å². The predicted octanol–water partition coefficient (Wildman–Crippen LogP) is 16.6. The van der Waals surface area contributed by atoms with E-state index in [2.05, 4.69) is 30.3 Å². The van der Waals surface area contributed by atoms with Crippen LogP contribution in [-0.4, -0.2) is 9.13 Å². The Morgan fingerprint density at radius 2 is 0.632 bits per heavy atom. The van der Waals surface area contributed by atoms with Gasteiger partial charge in [0.25, 0.3) is 0 Å². The van der Waals surface area contributed by atoms with Gasteiger partial charge < -0.3 is 9.13 Å². The molecule has 0 aliphatic carbocycles. The maximum absolute atomic E-state index is 16.2. The second kappa shape index (κ2) is 16.2. The molecule has 0 saturated carbocycles. The van der Waals surface area contributed by atoms with Crippen molar-refractivity contribution in [1.29, 1.82) is 5.26 Å². The van der Waals surface area contributed by atoms with Gasteiger partial charge in [0.1, 0.15) is 11.6 Å². The van der Waals surface area contributed by atoms with Crippen LogP contribution in [0.2, 0.25) is 0 Å². The van der Waals surface area contributed by atoms with E-state index in [0.717, 1.165) is 88.1 Å². The summed E-state index contributed by atoms with van der Waals surface area (Å²) in [5, 5.41) is 15.1. The number of fused-ring (bicyclic) bond motifs is 6. The summed E-state index contributed by atoms with van der Waals surface area (Å²) < 4.78 is 65.5. The van der Waals surface area contributed by atoms with Gasteiger partial charge in [0, 0.05) is 27.1 Å². The number of rotatable bonds is 7. The molecule has 12 rings (SSSR count). The van der Waals surface area contributed by atoms with Crippen LogP contribution in [-0.2, 0) is 0 Å². The minimum absolute atomic E-state index is 0.0397. The number of hydrogen-bond donors (Lipinski definition) is 0. The molecule has 2 aromatic heterocycles. The van der Waals surface area contributed by atoms with Crippen molar-refractivity contribution >= 4 is 43.6 Å². The van der Waals surface area contributed by atoms with E-state index in [0.29, 0.717) is 17.4 Å². The zero-order chi connectivity index (χ0) is 46.0. The van der Waals surface area contributed by atoms with E-state index in [4.69, 9.17) is 0 Å². The van der Waals surface area contributed by atoms with Gasteiger partial charge in [-0.15, -0.1) is 0 Å². The third-order valence-electron chi connectivity index (χ3n) is 13.1. The first kappa shape index (κ1) is 40.5. The van der Waals surface area contributed by atoms with Gasteiger partial charge in [-0.2, -0.15) is 5.26 Å². The molecule has 0 bridgehead atoms. The molecule has 12 aromatic rings. The SMILES string of the molecule is N#Cc1c(-n2c3ccc(-c4ccccc4)cc3c3cc(-c4ccccc4)ccc32)cc(-c2cc(F)c(F)c(F)c2F)cc1-n1c2ccc(-c3ccccc3)cc2c2cc(-c3ccccc3)ccc21. The largest absolute Gasteiger partial charge is 0.308 e. The molecular weight excluding hydrogens is 851 g/mol. The lowest BCUT2D eigenvalue weighted by Crippen LogP contribution is -2.06. The van der Waals surface area contributed by atoms with Crippen molar-refractivity contribution in [2.45, 2.75) is 0 Å². The van der Waals surface area contributed by atoms with Crippen molar-refractivity contribution in [2.24, 2.45) is 0 Å². The second-order valence-corrected chi connectivity index (χ2v) is 16.9. The van der Waals surface area contributed by atoms with E-state index in [1.54, 1.807) is 12.1 Å². The average Bonchev–Trinajstić information content (AvgIpc) is 3.90. The number of halogens is 4. The molecule has 0 unspecified atom stereocenters. The minimum atomic E-state index is -1.93. The van der Waals surface area contributed by atoms with Gasteiger partial charge in [-0.05, 0) is 117 Å². The number of nitrogens with zero attached hydrogens (tertiary/aromatic N) is 3. The zero-order valence-electron chi connectivity index (χ0n) is 36.1. The molecule has 0 aliphatic rings. The average molecular weight is 886 g/mol. The van der Waals surface area contributed by atoms with Crippen molar-refractivity contribution in [2.75, 3.05) is 0 Å². The second-order valence-electron chi connectivity index (χ2n) is 16.9. The fraction of sp³-hybridized carbons (Fsp3) is 0. The smallest absolute Gasteiger partial charge is 0.198 e. The molecule has 0 radical (unpaired) electrons. The Hall–Kier alpha value is -8.99. The number of benzene rings is 10. The molecule has 0 saturated heterocycles. The Labute approximate surface area is 388 Å². The van der Waals surface area contributed by atoms with Crippen LogP contribution in [0.1, 0.15) is 5.56 Å². The van der Waals surface area contributed by atoms with Crippen LogP contribution in [0.4, 0.5) is 17.6 Å². The van der Waals surface area contributed by atoms with Crippen molar-refractivity contribution in [3.8, 4) is 73.1 Å². The van der Waals surface area contributed by atoms with Crippen LogP contribution in [0.15, 0.2) is 212 Å². The van der Waals surface area contributed by atoms with Crippen LogP contribution in [0.5, 0.6) is 0 Å². The molecular formula is C61H35F4N3. The molecule has 68 heavy (non-hydrogen) atoms. The summed E-state index contributed by atoms with van der Waals surface area (Å²) in [5.74, 6) is -6.92. The summed E-state index contributed by atoms with van der Waals surface area (Å²) in [6.45, 7) is 0. The van der Waals surface area contributed by atoms with E-state index < -0.39 is 28.8 Å². The van der Waals surface area contributed by atoms with Gasteiger partial charge in [0.05, 0.1) is 33.4 Å². The molecule has 3 nitrogen and oxygen atoms in total. The van der Waals surface area contributed by atoms with Gasteiger partial charge in [0.15, 0.2) is 23.3 Å². The monoisotopic (exact) mass is 885 g/mol. The first-order valence-corrected chi connectivity index (χ1v) is 22.1. The maximum atomic E-state index is 16.2. The van der Waals surface area contributed by atoms with Gasteiger partial charge in [0.2, 0.25) is 0 Å². The Balaban J connectivity index is 1.20. The molecule has 0 amide bonds. The predicted molar refractivity (Wildman–Crippen MR) is 267 cm³/mol. The van der Waals surface area contributed by atoms with Crippen molar-refractivity contribution < 1.29 is 17.6 Å². The topological polar surface area (TPSA) is 33.6 Å². The van der Waals surface area contributed by atoms with Crippen molar-refractivity contribution in [3.63, 3.8) is 0 Å². The summed E-state index contributed by atoms with van der Waals surface area (Å²) in [6.07, 6.45) is 0. The molecule has 0 aliphatic heterocycles. The third-order valence-corrected chi connectivity index (χ3v) is 13.1. The summed E-state index contributed by atoms with van der Waals surface area (Å²) in [7, 11) is 0. The Morgan fingerprint density at radius 1 is 0.309 bits per heavy atom. The molecule has 0 atom stereocenters. The van der Waals surface area contributed by atoms with Crippen LogP contribution in [0.3, 0.4) is 0 Å². The maximum Gasteiger partial charge on any atom is 0.198 e. The highest BCUT2D eigenvalue weighted by molar-refractivity contribution is 6.14. The van der Waals surface area contributed by atoms with Crippen LogP contribution in [0, 0.1) is 34.6 Å². The zero-order valence-corrected chi connectivity index (χ0v) is 36.1. The fourth-order valence-corrected chi connectivity index (χ4v) is 9.82. The van der Waals surface area contributed by atoms with Crippen molar-refractivity contribution in [3.05, 3.63) is 241 Å². The summed E-state index contributed by atoms with van der Waals surface area (Å²) in [4.78, 5) is 0. The molecule has 2 heterocycles. The molecule has 10 aromatic carbocycles. The van der Waals surface area contributed by atoms with Crippen LogP contribution in [0.25, 0.3) is 111 Å². The Bertz CT molecular complexity index is 3590. The number of hydrogen-bond acceptors (Lipinski definition) is 1. The highest BCUT2D eigenvalue weighted by atomic mass is 19.2. The molecule has 7 heteroatoms. The highest BCUT2D eigenvalue weighted by Crippen LogP contribution is 2.44. The Kier molecular flexibility index (Phi) is 9.63. The lowest BCUT2D eigenvalue weighted by atomic mass is 9.98. The van der Waals surface area contributed by atoms with Gasteiger partial charge in [-0.3, -0.25) is 0 Å². The van der Waals surface area contributed by atoms with E-state index in [9.17, 15) is 9.65 Å². The number of nitriles is 1. The summed E-state index contributed by atoms with van der Waals surface area (Å²) in [5.41, 5.74) is 11.4. The third kappa shape index (κ3) is 6.57. The van der Waals surface area contributed by atoms with E-state index in [-0.39, 0.29) is 11.1 Å². The van der Waals surface area contributed by atoms with E-state index in [1.165, 1.54) is 0 Å². The van der Waals surface area contributed by atoms with Crippen molar-refractivity contribution in [1.82, 2.24) is 9.13 Å². The lowest BCUT2D eigenvalue weighted by molar-refractivity contribution is 0.411. The molecule has 322 valence electrons. The summed E-state index contributed by atoms with van der Waals surface area (Å²) in [6, 6.07) is 71.1. The Morgan fingerprint density at radius 3 is 0.941 bits per heavy atom. The van der Waals surface area contributed by atoms with Crippen LogP contribution < -0.4 is 0 Å². The normalized spacial score (nSPS) is 11.5. The molecule has 0 N–H and O–H groups in total. The number of aromatic nitrogens is 2.